The maximum atomic E-state index is 13.5. The molecule has 22 fully saturated rings. The summed E-state index contributed by atoms with van der Waals surface area (Å²) in [5, 5.41) is 260. The number of ether oxygens (including phenoxy) is 16. The highest BCUT2D eigenvalue weighted by Gasteiger charge is 2.60. The first-order valence-corrected chi connectivity index (χ1v) is 35.5. The second-order valence-electron chi connectivity index (χ2n) is 26.7. The number of carbonyl (C=O) groups excluding carboxylic acids is 2. The molecule has 22 aliphatic heterocycles. The third-order valence-electron chi connectivity index (χ3n) is 19.5. The molecule has 43 nitrogen and oxygen atoms in total. The van der Waals surface area contributed by atoms with Gasteiger partial charge in [0, 0.05) is 31.7 Å². The van der Waals surface area contributed by atoms with E-state index in [1.165, 1.54) is 18.7 Å². The number of unbranched alkanes of at least 4 members (excludes halogenated alkanes) is 2. The van der Waals surface area contributed by atoms with E-state index >= 15 is 0 Å². The van der Waals surface area contributed by atoms with Gasteiger partial charge in [0.15, 0.2) is 50.3 Å². The summed E-state index contributed by atoms with van der Waals surface area (Å²) in [6.07, 6.45) is -76.2. The van der Waals surface area contributed by atoms with E-state index in [0.717, 1.165) is 0 Å². The van der Waals surface area contributed by atoms with Crippen LogP contribution in [0, 0.1) is 0 Å². The van der Waals surface area contributed by atoms with Gasteiger partial charge in [-0.3, -0.25) is 9.59 Å². The molecule has 22 heterocycles. The molecule has 0 spiro atoms. The molecule has 0 radical (unpaired) electrons. The molecular weight excluding hydrogens is 1440 g/mol. The minimum Gasteiger partial charge on any atom is -0.394 e. The minimum atomic E-state index is -2.29. The SMILES string of the molecule is C[C@H]1O[C@H](OCCCSCCC(=O)NCCCCCC(=O)NC[C@H]2O[C@@H]3O[C@H]4[C@H](O)[C@@H](O)[C@@H](O[C@H]5[C@H](O)[C@@H](O)[C@@H](O[C@H]6[C@H](O)[C@@H](O)[C@@H](O[C@H]7[C@H](O)[C@@H](O)[C@@H](O[C@H]8[C@H](O)[C@@H](O)[C@@H](O[C@H]9[C@H](O)[C@@H](O)[C@@H](O[C@H]2[C@H](O)[C@H]3O)O[C@@H]9CO)O[C@@H]8CO)O[C@@H]7CO)O[C@@H]6CO)O[C@@H]5CO)O[C@@H]4CO)[C@H](O)[C@@H](O)[C@H]1O. The van der Waals surface area contributed by atoms with Crippen LogP contribution in [0.4, 0.5) is 0 Å². The summed E-state index contributed by atoms with van der Waals surface area (Å²) >= 11 is 1.48. The van der Waals surface area contributed by atoms with E-state index in [1.54, 1.807) is 0 Å². The van der Waals surface area contributed by atoms with Crippen LogP contribution in [-0.4, -0.2) is 446 Å². The second kappa shape index (κ2) is 39.3. The van der Waals surface area contributed by atoms with E-state index in [4.69, 9.17) is 75.8 Å². The standard InChI is InChI=1S/C60H102N2O41S/c1-19-29(71)30(72)38(80)53(89-19)88-9-5-10-104-11-7-28(70)61-8-4-2-3-6-27(69)62-12-20-46-31(73)39(81)54(90-20)98-47-21(13-63)92-56(41(83)33(47)75)100-49-23(15-65)94-58(43(85)35(49)77)102-51-25(17-67)96-60(45(87)37(51)79)103-52-26(18-68)95-59(44(86)36(52)78)101-50-24(16-66)93-57(42(84)34(50)76)99-48-22(14-64)91-55(97-46)40(82)32(48)74/h19-26,29-60,63-68,71-87H,2-18H2,1H3,(H,61,70)(H,62,69)/t19-,20-,21-,22-,23-,24-,25-,26-,29+,30+,31-,32-,33-,34-,35-,36-,37-,38-,39-,40-,41-,42-,43-,44-,45-,46-,47-,48-,49-,50-,51-,52-,53+,54-,55-,56-,57-,58-,59-,60-/m1/s1. The second-order valence-corrected chi connectivity index (χ2v) is 27.9. The Kier molecular flexibility index (Phi) is 32.4. The van der Waals surface area contributed by atoms with Crippen molar-refractivity contribution in [3.63, 3.8) is 0 Å². The monoisotopic (exact) mass is 1540 g/mol. The van der Waals surface area contributed by atoms with Gasteiger partial charge in [-0.25, -0.2) is 0 Å². The van der Waals surface area contributed by atoms with Gasteiger partial charge in [-0.1, -0.05) is 6.42 Å². The fourth-order valence-corrected chi connectivity index (χ4v) is 14.3. The summed E-state index contributed by atoms with van der Waals surface area (Å²) in [6, 6.07) is 0. The molecule has 604 valence electrons. The van der Waals surface area contributed by atoms with E-state index in [2.05, 4.69) is 10.6 Å². The van der Waals surface area contributed by atoms with Crippen molar-refractivity contribution in [1.29, 1.82) is 0 Å². The zero-order chi connectivity index (χ0) is 75.7. The Balaban J connectivity index is 0.885. The third-order valence-corrected chi connectivity index (χ3v) is 20.6. The van der Waals surface area contributed by atoms with Crippen molar-refractivity contribution >= 4 is 23.6 Å². The largest absolute Gasteiger partial charge is 0.394 e. The number of aliphatic hydroxyl groups is 23. The summed E-state index contributed by atoms with van der Waals surface area (Å²) in [5.41, 5.74) is 0. The van der Waals surface area contributed by atoms with Crippen LogP contribution in [0.2, 0.25) is 0 Å². The molecule has 0 aromatic carbocycles. The number of nitrogens with one attached hydrogen (secondary N) is 2. The predicted octanol–water partition coefficient (Wildman–Crippen LogP) is -15.1. The lowest BCUT2D eigenvalue weighted by atomic mass is 9.95. The third kappa shape index (κ3) is 19.8. The van der Waals surface area contributed by atoms with E-state index < -0.39 is 298 Å². The smallest absolute Gasteiger partial charge is 0.220 e. The van der Waals surface area contributed by atoms with Crippen molar-refractivity contribution in [3.05, 3.63) is 0 Å². The van der Waals surface area contributed by atoms with Crippen LogP contribution in [0.1, 0.15) is 45.4 Å². The lowest BCUT2D eigenvalue weighted by Gasteiger charge is -2.50. The maximum absolute atomic E-state index is 13.5. The van der Waals surface area contributed by atoms with Gasteiger partial charge < -0.3 is 204 Å². The molecule has 22 saturated heterocycles. The first-order valence-electron chi connectivity index (χ1n) is 34.4. The van der Waals surface area contributed by atoms with E-state index in [0.29, 0.717) is 30.8 Å². The molecule has 0 saturated carbocycles. The Labute approximate surface area is 597 Å². The van der Waals surface area contributed by atoms with Crippen LogP contribution in [0.3, 0.4) is 0 Å². The Morgan fingerprint density at radius 1 is 0.308 bits per heavy atom. The van der Waals surface area contributed by atoms with Gasteiger partial charge >= 0.3 is 0 Å². The van der Waals surface area contributed by atoms with Crippen LogP contribution in [0.5, 0.6) is 0 Å². The number of hydrogen-bond donors (Lipinski definition) is 25. The number of carbonyl (C=O) groups is 2. The molecule has 40 atom stereocenters. The van der Waals surface area contributed by atoms with E-state index in [-0.39, 0.29) is 38.3 Å². The number of amides is 2. The summed E-state index contributed by atoms with van der Waals surface area (Å²) in [4.78, 5) is 26.0. The maximum Gasteiger partial charge on any atom is 0.220 e. The summed E-state index contributed by atoms with van der Waals surface area (Å²) in [5.74, 6) is 0.237. The topological polar surface area (TPSA) is 671 Å². The molecule has 104 heavy (non-hydrogen) atoms. The summed E-state index contributed by atoms with van der Waals surface area (Å²) in [7, 11) is 0. The van der Waals surface area contributed by atoms with Crippen molar-refractivity contribution in [2.45, 2.75) is 291 Å². The van der Waals surface area contributed by atoms with Gasteiger partial charge in [-0.2, -0.15) is 11.8 Å². The Morgan fingerprint density at radius 3 is 0.923 bits per heavy atom. The van der Waals surface area contributed by atoms with Gasteiger partial charge in [0.25, 0.3) is 0 Å². The first-order chi connectivity index (χ1) is 49.6. The zero-order valence-electron chi connectivity index (χ0n) is 56.2. The van der Waals surface area contributed by atoms with Crippen molar-refractivity contribution < 1.29 is 203 Å². The van der Waals surface area contributed by atoms with Crippen LogP contribution in [0.15, 0.2) is 0 Å². The van der Waals surface area contributed by atoms with E-state index in [1.807, 2.05) is 0 Å². The lowest BCUT2D eigenvalue weighted by Crippen LogP contribution is -2.68. The summed E-state index contributed by atoms with van der Waals surface area (Å²) in [6.45, 7) is -5.14. The summed E-state index contributed by atoms with van der Waals surface area (Å²) < 4.78 is 92.3. The molecule has 2 amide bonds. The van der Waals surface area contributed by atoms with Crippen molar-refractivity contribution in [2.75, 3.05) is 70.8 Å². The molecule has 0 unspecified atom stereocenters. The normalized spacial score (nSPS) is 48.4. The van der Waals surface area contributed by atoms with Crippen LogP contribution >= 0.6 is 11.8 Å². The number of rotatable bonds is 22. The average molecular weight is 1540 g/mol. The molecule has 0 aromatic heterocycles. The fourth-order valence-electron chi connectivity index (χ4n) is 13.4. The van der Waals surface area contributed by atoms with Crippen LogP contribution in [-0.2, 0) is 85.4 Å². The Hall–Kier alpha value is -2.27. The molecular formula is C60H102N2O41S. The number of thioether (sulfide) groups is 1. The number of hydrogen-bond acceptors (Lipinski definition) is 42. The van der Waals surface area contributed by atoms with Gasteiger partial charge in [0.1, 0.15) is 189 Å². The zero-order valence-corrected chi connectivity index (χ0v) is 57.0. The lowest BCUT2D eigenvalue weighted by molar-refractivity contribution is -0.396. The van der Waals surface area contributed by atoms with Gasteiger partial charge in [-0.05, 0) is 31.9 Å². The molecule has 44 heteroatoms. The predicted molar refractivity (Wildman–Crippen MR) is 331 cm³/mol. The molecule has 25 N–H and O–H groups in total. The highest BCUT2D eigenvalue weighted by molar-refractivity contribution is 7.99. The van der Waals surface area contributed by atoms with Gasteiger partial charge in [0.2, 0.25) is 11.8 Å². The highest BCUT2D eigenvalue weighted by atomic mass is 32.2. The average Bonchev–Trinajstić information content (AvgIpc) is 0.776. The Morgan fingerprint density at radius 2 is 0.606 bits per heavy atom. The van der Waals surface area contributed by atoms with E-state index in [9.17, 15) is 127 Å². The fraction of sp³-hybridized carbons (Fsp3) is 0.967. The van der Waals surface area contributed by atoms with Gasteiger partial charge in [-0.15, -0.1) is 0 Å². The quantitative estimate of drug-likeness (QED) is 0.0448. The first kappa shape index (κ1) is 85.7. The number of aliphatic hydroxyl groups excluding tert-OH is 23. The highest BCUT2D eigenvalue weighted by Crippen LogP contribution is 2.39. The molecule has 22 aliphatic rings. The van der Waals surface area contributed by atoms with Crippen LogP contribution in [0.25, 0.3) is 0 Å². The van der Waals surface area contributed by atoms with Crippen LogP contribution < -0.4 is 10.6 Å². The van der Waals surface area contributed by atoms with Crippen molar-refractivity contribution in [1.82, 2.24) is 10.6 Å². The molecule has 0 aromatic rings. The molecule has 22 rings (SSSR count). The van der Waals surface area contributed by atoms with Gasteiger partial charge in [0.05, 0.1) is 52.4 Å². The molecule has 14 bridgehead atoms. The minimum absolute atomic E-state index is 0.133. The Bertz CT molecular complexity index is 2580. The van der Waals surface area contributed by atoms with Crippen molar-refractivity contribution in [3.8, 4) is 0 Å². The molecule has 0 aliphatic carbocycles. The van der Waals surface area contributed by atoms with Crippen molar-refractivity contribution in [2.24, 2.45) is 0 Å².